The van der Waals surface area contributed by atoms with E-state index in [9.17, 15) is 9.59 Å². The molecule has 0 spiro atoms. The van der Waals surface area contributed by atoms with Gasteiger partial charge in [-0.15, -0.1) is 11.3 Å². The van der Waals surface area contributed by atoms with E-state index in [4.69, 9.17) is 9.84 Å². The number of thiazole rings is 1. The van der Waals surface area contributed by atoms with Gasteiger partial charge < -0.3 is 15.2 Å². The van der Waals surface area contributed by atoms with Crippen molar-refractivity contribution in [3.63, 3.8) is 0 Å². The van der Waals surface area contributed by atoms with Crippen molar-refractivity contribution in [1.82, 2.24) is 4.98 Å². The lowest BCUT2D eigenvalue weighted by atomic mass is 10.2. The van der Waals surface area contributed by atoms with Gasteiger partial charge in [-0.2, -0.15) is 0 Å². The third-order valence-corrected chi connectivity index (χ3v) is 3.81. The van der Waals surface area contributed by atoms with E-state index in [2.05, 4.69) is 10.3 Å². The molecular formula is C16H18N2O4S. The van der Waals surface area contributed by atoms with E-state index in [0.717, 1.165) is 23.5 Å². The van der Waals surface area contributed by atoms with E-state index in [1.54, 1.807) is 35.6 Å². The molecule has 2 rings (SSSR count). The number of hydrogen-bond acceptors (Lipinski definition) is 5. The second-order valence-corrected chi connectivity index (χ2v) is 6.03. The van der Waals surface area contributed by atoms with Crippen molar-refractivity contribution < 1.29 is 19.4 Å². The highest BCUT2D eigenvalue weighted by molar-refractivity contribution is 7.09. The maximum absolute atomic E-state index is 11.9. The number of aromatic nitrogens is 1. The van der Waals surface area contributed by atoms with Gasteiger partial charge in [0, 0.05) is 23.6 Å². The Morgan fingerprint density at radius 2 is 2.22 bits per heavy atom. The Bertz CT molecular complexity index is 684. The van der Waals surface area contributed by atoms with Crippen molar-refractivity contribution >= 4 is 28.9 Å². The lowest BCUT2D eigenvalue weighted by molar-refractivity contribution is -0.139. The fourth-order valence-electron chi connectivity index (χ4n) is 1.99. The highest BCUT2D eigenvalue weighted by atomic mass is 32.1. The average molecular weight is 334 g/mol. The van der Waals surface area contributed by atoms with Crippen LogP contribution in [0.15, 0.2) is 29.6 Å². The Morgan fingerprint density at radius 1 is 1.39 bits per heavy atom. The topological polar surface area (TPSA) is 88.5 Å². The van der Waals surface area contributed by atoms with Crippen LogP contribution in [0.3, 0.4) is 0 Å². The van der Waals surface area contributed by atoms with E-state index >= 15 is 0 Å². The molecule has 0 atom stereocenters. The quantitative estimate of drug-likeness (QED) is 0.775. The third kappa shape index (κ3) is 6.07. The number of carbonyl (C=O) groups excluding carboxylic acids is 1. The van der Waals surface area contributed by atoms with Crippen LogP contribution in [0.2, 0.25) is 0 Å². The average Bonchev–Trinajstić information content (AvgIpc) is 2.91. The van der Waals surface area contributed by atoms with Crippen molar-refractivity contribution in [2.45, 2.75) is 26.2 Å². The fraction of sp³-hybridized carbons (Fsp3) is 0.312. The summed E-state index contributed by atoms with van der Waals surface area (Å²) in [6, 6.07) is 6.67. The summed E-state index contributed by atoms with van der Waals surface area (Å²) in [5, 5.41) is 14.4. The minimum Gasteiger partial charge on any atom is -0.482 e. The maximum atomic E-state index is 11.9. The van der Waals surface area contributed by atoms with Gasteiger partial charge in [0.25, 0.3) is 0 Å². The van der Waals surface area contributed by atoms with Crippen LogP contribution >= 0.6 is 11.3 Å². The number of carboxylic acid groups (broad SMARTS) is 1. The minimum absolute atomic E-state index is 0.0904. The fourth-order valence-corrected chi connectivity index (χ4v) is 2.63. The molecule has 0 bridgehead atoms. The molecule has 1 heterocycles. The standard InChI is InChI=1S/C16H18N2O4S/c1-11-17-13(10-23-11)5-3-7-15(19)18-12-4-2-6-14(8-12)22-9-16(20)21/h2,4,6,8,10H,3,5,7,9H2,1H3,(H,18,19)(H,20,21). The van der Waals surface area contributed by atoms with Crippen molar-refractivity contribution in [1.29, 1.82) is 0 Å². The van der Waals surface area contributed by atoms with Crippen molar-refractivity contribution in [2.24, 2.45) is 0 Å². The predicted octanol–water partition coefficient (Wildman–Crippen LogP) is 2.88. The summed E-state index contributed by atoms with van der Waals surface area (Å²) in [6.45, 7) is 1.55. The molecule has 6 nitrogen and oxygen atoms in total. The second kappa shape index (κ2) is 8.28. The zero-order chi connectivity index (χ0) is 16.7. The lowest BCUT2D eigenvalue weighted by Crippen LogP contribution is -2.12. The van der Waals surface area contributed by atoms with Crippen LogP contribution in [0, 0.1) is 6.92 Å². The van der Waals surface area contributed by atoms with Crippen LogP contribution in [0.5, 0.6) is 5.75 Å². The molecule has 0 aliphatic carbocycles. The summed E-state index contributed by atoms with van der Waals surface area (Å²) >= 11 is 1.61. The molecule has 0 aliphatic heterocycles. The molecule has 2 N–H and O–H groups in total. The first-order chi connectivity index (χ1) is 11.0. The number of benzene rings is 1. The number of ether oxygens (including phenoxy) is 1. The van der Waals surface area contributed by atoms with Crippen molar-refractivity contribution in [2.75, 3.05) is 11.9 Å². The summed E-state index contributed by atoms with van der Waals surface area (Å²) in [5.41, 5.74) is 1.60. The molecule has 2 aromatic rings. The normalized spacial score (nSPS) is 10.3. The smallest absolute Gasteiger partial charge is 0.341 e. The molecule has 0 saturated heterocycles. The summed E-state index contributed by atoms with van der Waals surface area (Å²) in [5.74, 6) is -0.729. The molecule has 0 radical (unpaired) electrons. The monoisotopic (exact) mass is 334 g/mol. The number of nitrogens with zero attached hydrogens (tertiary/aromatic N) is 1. The minimum atomic E-state index is -1.04. The van der Waals surface area contributed by atoms with Crippen LogP contribution < -0.4 is 10.1 Å². The van der Waals surface area contributed by atoms with Crippen LogP contribution in [-0.4, -0.2) is 28.6 Å². The zero-order valence-corrected chi connectivity index (χ0v) is 13.6. The van der Waals surface area contributed by atoms with E-state index in [-0.39, 0.29) is 5.91 Å². The predicted molar refractivity (Wildman–Crippen MR) is 88.0 cm³/mol. The molecule has 1 amide bonds. The molecular weight excluding hydrogens is 316 g/mol. The van der Waals surface area contributed by atoms with E-state index in [0.29, 0.717) is 17.9 Å². The highest BCUT2D eigenvalue weighted by Crippen LogP contribution is 2.18. The Balaban J connectivity index is 1.78. The van der Waals surface area contributed by atoms with Gasteiger partial charge in [0.05, 0.1) is 10.7 Å². The first-order valence-electron chi connectivity index (χ1n) is 7.18. The Kier molecular flexibility index (Phi) is 6.10. The number of aryl methyl sites for hydroxylation is 2. The second-order valence-electron chi connectivity index (χ2n) is 4.97. The maximum Gasteiger partial charge on any atom is 0.341 e. The van der Waals surface area contributed by atoms with Gasteiger partial charge in [-0.1, -0.05) is 6.07 Å². The van der Waals surface area contributed by atoms with Crippen LogP contribution in [0.1, 0.15) is 23.5 Å². The molecule has 0 saturated carbocycles. The number of amides is 1. The van der Waals surface area contributed by atoms with Gasteiger partial charge in [0.15, 0.2) is 6.61 Å². The SMILES string of the molecule is Cc1nc(CCCC(=O)Nc2cccc(OCC(=O)O)c2)cs1. The number of carbonyl (C=O) groups is 2. The Labute approximate surface area is 138 Å². The van der Waals surface area contributed by atoms with E-state index in [1.165, 1.54) is 0 Å². The molecule has 0 unspecified atom stereocenters. The van der Waals surface area contributed by atoms with Gasteiger partial charge >= 0.3 is 5.97 Å². The van der Waals surface area contributed by atoms with Gasteiger partial charge in [-0.05, 0) is 31.9 Å². The molecule has 0 aliphatic rings. The number of anilines is 1. The number of rotatable bonds is 8. The summed E-state index contributed by atoms with van der Waals surface area (Å²) in [4.78, 5) is 26.8. The molecule has 0 fully saturated rings. The number of carboxylic acids is 1. The summed E-state index contributed by atoms with van der Waals surface area (Å²) in [6.07, 6.45) is 1.90. The number of hydrogen-bond donors (Lipinski definition) is 2. The first kappa shape index (κ1) is 17.0. The molecule has 1 aromatic carbocycles. The van der Waals surface area contributed by atoms with Crippen LogP contribution in [0.4, 0.5) is 5.69 Å². The Hall–Kier alpha value is -2.41. The molecule has 23 heavy (non-hydrogen) atoms. The lowest BCUT2D eigenvalue weighted by Gasteiger charge is -2.08. The van der Waals surface area contributed by atoms with Gasteiger partial charge in [-0.25, -0.2) is 9.78 Å². The number of aliphatic carboxylic acids is 1. The number of nitrogens with one attached hydrogen (secondary N) is 1. The summed E-state index contributed by atoms with van der Waals surface area (Å²) in [7, 11) is 0. The van der Waals surface area contributed by atoms with Gasteiger partial charge in [0.2, 0.25) is 5.91 Å². The van der Waals surface area contributed by atoms with Crippen LogP contribution in [0.25, 0.3) is 0 Å². The van der Waals surface area contributed by atoms with Gasteiger partial charge in [-0.3, -0.25) is 4.79 Å². The van der Waals surface area contributed by atoms with E-state index < -0.39 is 12.6 Å². The van der Waals surface area contributed by atoms with Crippen LogP contribution in [-0.2, 0) is 16.0 Å². The van der Waals surface area contributed by atoms with Crippen molar-refractivity contribution in [3.8, 4) is 5.75 Å². The first-order valence-corrected chi connectivity index (χ1v) is 8.06. The van der Waals surface area contributed by atoms with Crippen molar-refractivity contribution in [3.05, 3.63) is 40.3 Å². The molecule has 122 valence electrons. The zero-order valence-electron chi connectivity index (χ0n) is 12.7. The Morgan fingerprint density at radius 3 is 2.91 bits per heavy atom. The summed E-state index contributed by atoms with van der Waals surface area (Å²) < 4.78 is 5.07. The molecule has 1 aromatic heterocycles. The van der Waals surface area contributed by atoms with Gasteiger partial charge in [0.1, 0.15) is 5.75 Å². The van der Waals surface area contributed by atoms with E-state index in [1.807, 2.05) is 12.3 Å². The third-order valence-electron chi connectivity index (χ3n) is 2.98. The molecule has 7 heteroatoms. The highest BCUT2D eigenvalue weighted by Gasteiger charge is 2.06. The largest absolute Gasteiger partial charge is 0.482 e.